The van der Waals surface area contributed by atoms with E-state index in [4.69, 9.17) is 0 Å². The molecule has 2 aliphatic rings. The molecule has 1 aromatic carbocycles. The second kappa shape index (κ2) is 6.33. The molecule has 20 heavy (non-hydrogen) atoms. The smallest absolute Gasteiger partial charge is 0.0131 e. The van der Waals surface area contributed by atoms with Crippen LogP contribution in [0.1, 0.15) is 82.6 Å². The lowest BCUT2D eigenvalue weighted by molar-refractivity contribution is 0.0423. The van der Waals surface area contributed by atoms with Crippen molar-refractivity contribution in [3.05, 3.63) is 35.9 Å². The molecule has 0 nitrogen and oxygen atoms in total. The Balaban J connectivity index is 1.88. The molecule has 2 fully saturated rings. The van der Waals surface area contributed by atoms with Crippen molar-refractivity contribution in [1.82, 2.24) is 0 Å². The van der Waals surface area contributed by atoms with Crippen molar-refractivity contribution in [2.45, 2.75) is 77.0 Å². The van der Waals surface area contributed by atoms with E-state index in [0.29, 0.717) is 5.41 Å². The van der Waals surface area contributed by atoms with Gasteiger partial charge in [-0.2, -0.15) is 0 Å². The normalized spacial score (nSPS) is 25.2. The second-order valence-corrected chi connectivity index (χ2v) is 7.26. The van der Waals surface area contributed by atoms with E-state index < -0.39 is 0 Å². The lowest BCUT2D eigenvalue weighted by atomic mass is 9.55. The standard InChI is InChI=1S/C20H30/c1-17(18-11-5-2-6-12-18)20(15-9-4-10-16-20)19-13-7-3-8-14-19/h2,5-6,11-12,17,19H,3-4,7-10,13-16H2,1H3. The maximum atomic E-state index is 2.52. The first-order valence-electron chi connectivity index (χ1n) is 8.88. The van der Waals surface area contributed by atoms with Gasteiger partial charge < -0.3 is 0 Å². The topological polar surface area (TPSA) is 0 Å². The van der Waals surface area contributed by atoms with Crippen molar-refractivity contribution in [1.29, 1.82) is 0 Å². The van der Waals surface area contributed by atoms with Crippen LogP contribution < -0.4 is 0 Å². The number of benzene rings is 1. The summed E-state index contributed by atoms with van der Waals surface area (Å²) in [5, 5.41) is 0. The van der Waals surface area contributed by atoms with Crippen LogP contribution in [0.15, 0.2) is 30.3 Å². The molecule has 0 aliphatic heterocycles. The Morgan fingerprint density at radius 3 is 2.10 bits per heavy atom. The summed E-state index contributed by atoms with van der Waals surface area (Å²) in [5.41, 5.74) is 2.19. The molecule has 3 rings (SSSR count). The van der Waals surface area contributed by atoms with Crippen LogP contribution >= 0.6 is 0 Å². The van der Waals surface area contributed by atoms with Crippen molar-refractivity contribution in [3.63, 3.8) is 0 Å². The minimum atomic E-state index is 0.611. The largest absolute Gasteiger partial charge is 0.0622 e. The summed E-state index contributed by atoms with van der Waals surface area (Å²) in [6.45, 7) is 2.52. The molecule has 2 aliphatic carbocycles. The molecule has 0 spiro atoms. The van der Waals surface area contributed by atoms with Crippen molar-refractivity contribution in [2.24, 2.45) is 11.3 Å². The van der Waals surface area contributed by atoms with Gasteiger partial charge >= 0.3 is 0 Å². The highest BCUT2D eigenvalue weighted by molar-refractivity contribution is 5.22. The molecule has 0 radical (unpaired) electrons. The minimum Gasteiger partial charge on any atom is -0.0622 e. The lowest BCUT2D eigenvalue weighted by Crippen LogP contribution is -2.38. The fourth-order valence-electron chi connectivity index (χ4n) is 5.16. The van der Waals surface area contributed by atoms with Crippen LogP contribution in [0.4, 0.5) is 0 Å². The molecule has 1 atom stereocenters. The Bertz CT molecular complexity index is 393. The van der Waals surface area contributed by atoms with Crippen molar-refractivity contribution < 1.29 is 0 Å². The lowest BCUT2D eigenvalue weighted by Gasteiger charge is -2.50. The third-order valence-electron chi connectivity index (χ3n) is 6.36. The maximum absolute atomic E-state index is 2.52. The summed E-state index contributed by atoms with van der Waals surface area (Å²) >= 11 is 0. The van der Waals surface area contributed by atoms with Crippen molar-refractivity contribution in [3.8, 4) is 0 Å². The van der Waals surface area contributed by atoms with Gasteiger partial charge in [0.2, 0.25) is 0 Å². The van der Waals surface area contributed by atoms with E-state index in [1.807, 2.05) is 0 Å². The van der Waals surface area contributed by atoms with E-state index in [9.17, 15) is 0 Å². The van der Waals surface area contributed by atoms with Gasteiger partial charge in [0, 0.05) is 0 Å². The number of hydrogen-bond donors (Lipinski definition) is 0. The summed E-state index contributed by atoms with van der Waals surface area (Å²) in [7, 11) is 0. The molecule has 0 amide bonds. The average Bonchev–Trinajstić information content (AvgIpc) is 2.56. The highest BCUT2D eigenvalue weighted by Gasteiger charge is 2.44. The predicted molar refractivity (Wildman–Crippen MR) is 87.0 cm³/mol. The Morgan fingerprint density at radius 2 is 1.45 bits per heavy atom. The van der Waals surface area contributed by atoms with E-state index >= 15 is 0 Å². The van der Waals surface area contributed by atoms with Gasteiger partial charge in [0.05, 0.1) is 0 Å². The van der Waals surface area contributed by atoms with Crippen LogP contribution in [0.2, 0.25) is 0 Å². The van der Waals surface area contributed by atoms with Crippen LogP contribution in [-0.2, 0) is 0 Å². The third-order valence-corrected chi connectivity index (χ3v) is 6.36. The molecule has 0 heteroatoms. The SMILES string of the molecule is CC(c1ccccc1)C1(C2CCCCC2)CCCCC1. The van der Waals surface area contributed by atoms with Gasteiger partial charge in [-0.15, -0.1) is 0 Å². The molecular formula is C20H30. The average molecular weight is 270 g/mol. The summed E-state index contributed by atoms with van der Waals surface area (Å²) < 4.78 is 0. The first-order valence-corrected chi connectivity index (χ1v) is 8.88. The second-order valence-electron chi connectivity index (χ2n) is 7.26. The number of hydrogen-bond acceptors (Lipinski definition) is 0. The van der Waals surface area contributed by atoms with Crippen LogP contribution in [0, 0.1) is 11.3 Å². The van der Waals surface area contributed by atoms with Crippen LogP contribution in [-0.4, -0.2) is 0 Å². The van der Waals surface area contributed by atoms with Crippen LogP contribution in [0.5, 0.6) is 0 Å². The maximum Gasteiger partial charge on any atom is -0.0131 e. The first-order chi connectivity index (χ1) is 9.83. The predicted octanol–water partition coefficient (Wildman–Crippen LogP) is 6.32. The molecule has 0 heterocycles. The van der Waals surface area contributed by atoms with E-state index in [1.54, 1.807) is 5.56 Å². The molecular weight excluding hydrogens is 240 g/mol. The third kappa shape index (κ3) is 2.67. The van der Waals surface area contributed by atoms with E-state index in [-0.39, 0.29) is 0 Å². The van der Waals surface area contributed by atoms with Crippen LogP contribution in [0.25, 0.3) is 0 Å². The van der Waals surface area contributed by atoms with E-state index in [2.05, 4.69) is 37.3 Å². The van der Waals surface area contributed by atoms with Gasteiger partial charge in [-0.3, -0.25) is 0 Å². The molecule has 1 aromatic rings. The molecule has 0 saturated heterocycles. The fourth-order valence-corrected chi connectivity index (χ4v) is 5.16. The molecule has 2 saturated carbocycles. The first kappa shape index (κ1) is 14.2. The zero-order chi connectivity index (χ0) is 13.8. The Morgan fingerprint density at radius 1 is 0.850 bits per heavy atom. The van der Waals surface area contributed by atoms with Gasteiger partial charge in [0.15, 0.2) is 0 Å². The van der Waals surface area contributed by atoms with Gasteiger partial charge in [0.1, 0.15) is 0 Å². The summed E-state index contributed by atoms with van der Waals surface area (Å²) in [5.74, 6) is 1.74. The highest BCUT2D eigenvalue weighted by Crippen LogP contribution is 2.55. The van der Waals surface area contributed by atoms with E-state index in [1.165, 1.54) is 64.2 Å². The summed E-state index contributed by atoms with van der Waals surface area (Å²) in [6, 6.07) is 11.3. The molecule has 0 aromatic heterocycles. The van der Waals surface area contributed by atoms with Gasteiger partial charge in [-0.1, -0.05) is 75.8 Å². The fraction of sp³-hybridized carbons (Fsp3) is 0.700. The van der Waals surface area contributed by atoms with Gasteiger partial charge in [-0.05, 0) is 48.5 Å². The summed E-state index contributed by atoms with van der Waals surface area (Å²) in [4.78, 5) is 0. The Kier molecular flexibility index (Phi) is 4.48. The zero-order valence-electron chi connectivity index (χ0n) is 13.1. The quantitative estimate of drug-likeness (QED) is 0.602. The van der Waals surface area contributed by atoms with Gasteiger partial charge in [0.25, 0.3) is 0 Å². The Hall–Kier alpha value is -0.780. The Labute approximate surface area is 125 Å². The van der Waals surface area contributed by atoms with Crippen molar-refractivity contribution in [2.75, 3.05) is 0 Å². The monoisotopic (exact) mass is 270 g/mol. The highest BCUT2D eigenvalue weighted by atomic mass is 14.5. The molecule has 0 N–H and O–H groups in total. The van der Waals surface area contributed by atoms with E-state index in [0.717, 1.165) is 11.8 Å². The van der Waals surface area contributed by atoms with Crippen LogP contribution in [0.3, 0.4) is 0 Å². The molecule has 1 unspecified atom stereocenters. The summed E-state index contributed by atoms with van der Waals surface area (Å²) in [6.07, 6.45) is 14.8. The number of rotatable bonds is 3. The van der Waals surface area contributed by atoms with Gasteiger partial charge in [-0.25, -0.2) is 0 Å². The van der Waals surface area contributed by atoms with Crippen molar-refractivity contribution >= 4 is 0 Å². The molecule has 110 valence electrons. The zero-order valence-corrected chi connectivity index (χ0v) is 13.1. The minimum absolute atomic E-state index is 0.611. The molecule has 0 bridgehead atoms.